The lowest BCUT2D eigenvalue weighted by atomic mass is 10.0. The van der Waals surface area contributed by atoms with E-state index in [0.717, 1.165) is 5.56 Å². The summed E-state index contributed by atoms with van der Waals surface area (Å²) in [7, 11) is 0. The number of amides is 2. The molecule has 0 radical (unpaired) electrons. The molecule has 2 amide bonds. The largest absolute Gasteiger partial charge is 0.352 e. The number of nitrogens with two attached hydrogens (primary N) is 1. The highest BCUT2D eigenvalue weighted by molar-refractivity contribution is 5.98. The number of aryl methyl sites for hydroxylation is 1. The Morgan fingerprint density at radius 3 is 2.45 bits per heavy atom. The van der Waals surface area contributed by atoms with Crippen molar-refractivity contribution >= 4 is 17.5 Å². The van der Waals surface area contributed by atoms with Gasteiger partial charge in [-0.05, 0) is 43.5 Å². The molecule has 1 rings (SSSR count). The quantitative estimate of drug-likeness (QED) is 0.765. The highest BCUT2D eigenvalue weighted by Gasteiger charge is 2.18. The van der Waals surface area contributed by atoms with Crippen LogP contribution in [0.25, 0.3) is 0 Å². The van der Waals surface area contributed by atoms with Gasteiger partial charge in [-0.3, -0.25) is 9.59 Å². The first-order valence-corrected chi connectivity index (χ1v) is 6.82. The van der Waals surface area contributed by atoms with Crippen molar-refractivity contribution in [3.63, 3.8) is 0 Å². The monoisotopic (exact) mass is 277 g/mol. The summed E-state index contributed by atoms with van der Waals surface area (Å²) in [6, 6.07) is 4.62. The lowest BCUT2D eigenvalue weighted by molar-refractivity contribution is -0.118. The first kappa shape index (κ1) is 16.2. The zero-order valence-corrected chi connectivity index (χ0v) is 12.5. The van der Waals surface area contributed by atoms with Gasteiger partial charge in [0.05, 0.1) is 6.04 Å². The molecule has 5 nitrogen and oxygen atoms in total. The van der Waals surface area contributed by atoms with E-state index >= 15 is 0 Å². The fourth-order valence-corrected chi connectivity index (χ4v) is 1.73. The number of carbonyl (C=O) groups is 2. The van der Waals surface area contributed by atoms with E-state index in [1.807, 2.05) is 27.7 Å². The summed E-state index contributed by atoms with van der Waals surface area (Å²) in [6.45, 7) is 8.09. The Bertz CT molecular complexity index is 498. The Morgan fingerprint density at radius 1 is 1.30 bits per heavy atom. The second-order valence-corrected chi connectivity index (χ2v) is 5.15. The van der Waals surface area contributed by atoms with E-state index in [1.54, 1.807) is 18.2 Å². The maximum atomic E-state index is 11.9. The number of hydrogen-bond acceptors (Lipinski definition) is 3. The van der Waals surface area contributed by atoms with Crippen molar-refractivity contribution in [2.24, 2.45) is 11.7 Å². The number of rotatable bonds is 5. The molecule has 0 aliphatic rings. The third kappa shape index (κ3) is 4.06. The third-order valence-electron chi connectivity index (χ3n) is 3.10. The van der Waals surface area contributed by atoms with Crippen LogP contribution in [0.4, 0.5) is 5.69 Å². The molecule has 1 atom stereocenters. The summed E-state index contributed by atoms with van der Waals surface area (Å²) in [6.07, 6.45) is 0. The minimum absolute atomic E-state index is 0.0740. The van der Waals surface area contributed by atoms with Gasteiger partial charge in [-0.2, -0.15) is 0 Å². The number of anilines is 1. The average Bonchev–Trinajstić information content (AvgIpc) is 2.40. The predicted molar refractivity (Wildman–Crippen MR) is 80.6 cm³/mol. The van der Waals surface area contributed by atoms with Gasteiger partial charge >= 0.3 is 0 Å². The Kier molecular flexibility index (Phi) is 5.70. The lowest BCUT2D eigenvalue weighted by Crippen LogP contribution is -2.39. The molecule has 5 heteroatoms. The van der Waals surface area contributed by atoms with Gasteiger partial charge in [-0.15, -0.1) is 0 Å². The van der Waals surface area contributed by atoms with Gasteiger partial charge in [-0.1, -0.05) is 13.8 Å². The van der Waals surface area contributed by atoms with Crippen LogP contribution in [0.1, 0.15) is 36.7 Å². The number of benzene rings is 1. The van der Waals surface area contributed by atoms with E-state index in [1.165, 1.54) is 0 Å². The molecule has 0 aliphatic carbocycles. The summed E-state index contributed by atoms with van der Waals surface area (Å²) in [5.74, 6) is -0.258. The van der Waals surface area contributed by atoms with Gasteiger partial charge in [0.15, 0.2) is 0 Å². The summed E-state index contributed by atoms with van der Waals surface area (Å²) in [5.41, 5.74) is 7.89. The van der Waals surface area contributed by atoms with Crippen molar-refractivity contribution in [1.82, 2.24) is 5.32 Å². The Labute approximate surface area is 119 Å². The van der Waals surface area contributed by atoms with Gasteiger partial charge in [0, 0.05) is 17.8 Å². The summed E-state index contributed by atoms with van der Waals surface area (Å²) >= 11 is 0. The van der Waals surface area contributed by atoms with Crippen molar-refractivity contribution in [1.29, 1.82) is 0 Å². The van der Waals surface area contributed by atoms with Gasteiger partial charge in [-0.25, -0.2) is 0 Å². The van der Waals surface area contributed by atoms with E-state index in [4.69, 9.17) is 5.73 Å². The van der Waals surface area contributed by atoms with E-state index < -0.39 is 6.04 Å². The molecular formula is C15H23N3O2. The van der Waals surface area contributed by atoms with Crippen LogP contribution in [0.5, 0.6) is 0 Å². The van der Waals surface area contributed by atoms with Gasteiger partial charge < -0.3 is 16.4 Å². The molecule has 0 aliphatic heterocycles. The topological polar surface area (TPSA) is 84.2 Å². The van der Waals surface area contributed by atoms with Crippen LogP contribution in [0.15, 0.2) is 18.2 Å². The fourth-order valence-electron chi connectivity index (χ4n) is 1.73. The zero-order valence-electron chi connectivity index (χ0n) is 12.5. The SMILES string of the molecule is CCNC(=O)c1ccc(NC(=O)[C@H](N)C(C)C)c(C)c1. The van der Waals surface area contributed by atoms with Crippen LogP contribution in [0.3, 0.4) is 0 Å². The van der Waals surface area contributed by atoms with Crippen LogP contribution >= 0.6 is 0 Å². The molecule has 0 fully saturated rings. The van der Waals surface area contributed by atoms with Crippen molar-refractivity contribution in [3.8, 4) is 0 Å². The Morgan fingerprint density at radius 2 is 1.95 bits per heavy atom. The molecule has 20 heavy (non-hydrogen) atoms. The normalized spacial score (nSPS) is 12.1. The highest BCUT2D eigenvalue weighted by atomic mass is 16.2. The van der Waals surface area contributed by atoms with E-state index in [9.17, 15) is 9.59 Å². The molecule has 0 bridgehead atoms. The predicted octanol–water partition coefficient (Wildman–Crippen LogP) is 1.67. The number of nitrogens with one attached hydrogen (secondary N) is 2. The number of hydrogen-bond donors (Lipinski definition) is 3. The molecule has 0 heterocycles. The second-order valence-electron chi connectivity index (χ2n) is 5.15. The molecule has 1 aromatic rings. The van der Waals surface area contributed by atoms with Crippen molar-refractivity contribution in [3.05, 3.63) is 29.3 Å². The maximum Gasteiger partial charge on any atom is 0.251 e. The average molecular weight is 277 g/mol. The van der Waals surface area contributed by atoms with E-state index in [0.29, 0.717) is 17.8 Å². The first-order valence-electron chi connectivity index (χ1n) is 6.82. The molecule has 0 aromatic heterocycles. The molecule has 0 saturated heterocycles. The smallest absolute Gasteiger partial charge is 0.251 e. The first-order chi connectivity index (χ1) is 9.36. The molecule has 0 spiro atoms. The zero-order chi connectivity index (χ0) is 15.3. The minimum atomic E-state index is -0.544. The summed E-state index contributed by atoms with van der Waals surface area (Å²) < 4.78 is 0. The number of carbonyl (C=O) groups excluding carboxylic acids is 2. The van der Waals surface area contributed by atoms with Gasteiger partial charge in [0.2, 0.25) is 5.91 Å². The standard InChI is InChI=1S/C15H23N3O2/c1-5-17-14(19)11-6-7-12(10(4)8-11)18-15(20)13(16)9(2)3/h6-9,13H,5,16H2,1-4H3,(H,17,19)(H,18,20)/t13-/m1/s1. The summed E-state index contributed by atoms with van der Waals surface area (Å²) in [4.78, 5) is 23.6. The fraction of sp³-hybridized carbons (Fsp3) is 0.467. The lowest BCUT2D eigenvalue weighted by Gasteiger charge is -2.16. The van der Waals surface area contributed by atoms with Crippen LogP contribution in [-0.2, 0) is 4.79 Å². The van der Waals surface area contributed by atoms with Crippen LogP contribution in [0.2, 0.25) is 0 Å². The molecule has 4 N–H and O–H groups in total. The third-order valence-corrected chi connectivity index (χ3v) is 3.10. The molecule has 0 unspecified atom stereocenters. The minimum Gasteiger partial charge on any atom is -0.352 e. The van der Waals surface area contributed by atoms with E-state index in [2.05, 4.69) is 10.6 Å². The van der Waals surface area contributed by atoms with Gasteiger partial charge in [0.25, 0.3) is 5.91 Å². The van der Waals surface area contributed by atoms with Crippen LogP contribution in [0, 0.1) is 12.8 Å². The Hall–Kier alpha value is -1.88. The second kappa shape index (κ2) is 7.05. The van der Waals surface area contributed by atoms with Gasteiger partial charge in [0.1, 0.15) is 0 Å². The van der Waals surface area contributed by atoms with Crippen LogP contribution in [-0.4, -0.2) is 24.4 Å². The Balaban J connectivity index is 2.84. The van der Waals surface area contributed by atoms with Crippen LogP contribution < -0.4 is 16.4 Å². The molecule has 1 aromatic carbocycles. The van der Waals surface area contributed by atoms with Crippen molar-refractivity contribution in [2.75, 3.05) is 11.9 Å². The molecule has 110 valence electrons. The molecule has 0 saturated carbocycles. The van der Waals surface area contributed by atoms with E-state index in [-0.39, 0.29) is 17.7 Å². The van der Waals surface area contributed by atoms with Crippen molar-refractivity contribution in [2.45, 2.75) is 33.7 Å². The highest BCUT2D eigenvalue weighted by Crippen LogP contribution is 2.17. The van der Waals surface area contributed by atoms with Crippen molar-refractivity contribution < 1.29 is 9.59 Å². The maximum absolute atomic E-state index is 11.9. The summed E-state index contributed by atoms with van der Waals surface area (Å²) in [5, 5.41) is 5.53. The molecular weight excluding hydrogens is 254 g/mol.